The van der Waals surface area contributed by atoms with Crippen LogP contribution in [-0.2, 0) is 0 Å². The smallest absolute Gasteiger partial charge is 0.426 e. The molecule has 0 aliphatic rings. The predicted octanol–water partition coefficient (Wildman–Crippen LogP) is -4.03. The van der Waals surface area contributed by atoms with Gasteiger partial charge in [-0.25, -0.2) is 6.55 Å². The quantitative estimate of drug-likeness (QED) is 0.281. The van der Waals surface area contributed by atoms with E-state index in [2.05, 4.69) is 27.3 Å². The second kappa shape index (κ2) is 6.53. The molecule has 37 valence electrons. The van der Waals surface area contributed by atoms with Crippen LogP contribution >= 0.6 is 0 Å². The summed E-state index contributed by atoms with van der Waals surface area (Å²) in [4.78, 5) is 0. The third-order valence-electron chi connectivity index (χ3n) is 0.750. The summed E-state index contributed by atoms with van der Waals surface area (Å²) in [5.41, 5.74) is 0. The van der Waals surface area contributed by atoms with E-state index in [9.17, 15) is 0 Å². The van der Waals surface area contributed by atoms with Crippen LogP contribution in [0.4, 0.5) is 0 Å². The van der Waals surface area contributed by atoms with Gasteiger partial charge in [0.2, 0.25) is 0 Å². The fourth-order valence-corrected chi connectivity index (χ4v) is 0. The molecule has 0 aliphatic heterocycles. The van der Waals surface area contributed by atoms with Crippen molar-refractivity contribution in [2.45, 2.75) is 32.4 Å². The van der Waals surface area contributed by atoms with Gasteiger partial charge < -0.3 is 9.52 Å². The minimum atomic E-state index is 0. The normalized spacial score (nSPS) is 9.00. The average Bonchev–Trinajstić information content (AvgIpc) is 1.35. The molecule has 8 heavy (non-hydrogen) atoms. The summed E-state index contributed by atoms with van der Waals surface area (Å²) in [6.45, 7) is 9.00. The van der Waals surface area contributed by atoms with E-state index in [4.69, 9.17) is 0 Å². The van der Waals surface area contributed by atoms with Crippen LogP contribution in [0.5, 0.6) is 0 Å². The Morgan fingerprint density at radius 3 is 1.12 bits per heavy atom. The Kier molecular flexibility index (Phi) is 13.2. The standard InChI is InChI=1S/C5H12Si.2Li/c1-5(2,3)6-4;;/h1-4H3;;/q-1;2*+1. The van der Waals surface area contributed by atoms with Crippen molar-refractivity contribution in [3.8, 4) is 0 Å². The van der Waals surface area contributed by atoms with E-state index >= 15 is 0 Å². The molecule has 0 N–H and O–H groups in total. The Morgan fingerprint density at radius 2 is 1.12 bits per heavy atom. The van der Waals surface area contributed by atoms with Gasteiger partial charge in [-0.2, -0.15) is 5.04 Å². The third-order valence-corrected chi connectivity index (χ3v) is 2.25. The van der Waals surface area contributed by atoms with Gasteiger partial charge in [0.25, 0.3) is 0 Å². The Bertz CT molecular complexity index is 40.2. The van der Waals surface area contributed by atoms with Gasteiger partial charge >= 0.3 is 37.7 Å². The molecule has 1 radical (unpaired) electrons. The first-order valence-electron chi connectivity index (χ1n) is 2.25. The summed E-state index contributed by atoms with van der Waals surface area (Å²) in [5, 5.41) is 0.569. The first-order chi connectivity index (χ1) is 2.56. The molecule has 0 atom stereocenters. The number of rotatable bonds is 0. The largest absolute Gasteiger partial charge is 1.00 e. The molecular formula is C5H12Li2Si+. The van der Waals surface area contributed by atoms with E-state index in [1.54, 1.807) is 0 Å². The minimum Gasteiger partial charge on any atom is -0.426 e. The minimum absolute atomic E-state index is 0. The van der Waals surface area contributed by atoms with Crippen molar-refractivity contribution in [1.29, 1.82) is 0 Å². The molecule has 0 nitrogen and oxygen atoms in total. The van der Waals surface area contributed by atoms with Gasteiger partial charge in [-0.1, -0.05) is 20.8 Å². The molecule has 0 fully saturated rings. The van der Waals surface area contributed by atoms with Crippen LogP contribution in [0.3, 0.4) is 0 Å². The van der Waals surface area contributed by atoms with Gasteiger partial charge in [0.15, 0.2) is 0 Å². The van der Waals surface area contributed by atoms with Crippen LogP contribution in [0.1, 0.15) is 20.8 Å². The summed E-state index contributed by atoms with van der Waals surface area (Å²) in [6, 6.07) is 0. The topological polar surface area (TPSA) is 0 Å². The molecule has 0 saturated heterocycles. The maximum absolute atomic E-state index is 2.26. The second-order valence-corrected chi connectivity index (χ2v) is 4.50. The average molecular weight is 114 g/mol. The molecule has 3 heteroatoms. The Balaban J connectivity index is -0.000000125. The van der Waals surface area contributed by atoms with Crippen molar-refractivity contribution < 1.29 is 37.7 Å². The van der Waals surface area contributed by atoms with Crippen molar-refractivity contribution in [1.82, 2.24) is 0 Å². The van der Waals surface area contributed by atoms with Crippen LogP contribution in [-0.4, -0.2) is 9.52 Å². The molecule has 0 spiro atoms. The molecule has 0 unspecified atom stereocenters. The van der Waals surface area contributed by atoms with Crippen molar-refractivity contribution >= 4 is 9.52 Å². The van der Waals surface area contributed by atoms with Crippen LogP contribution < -0.4 is 37.7 Å². The molecule has 0 bridgehead atoms. The zero-order valence-corrected chi connectivity index (χ0v) is 8.00. The summed E-state index contributed by atoms with van der Waals surface area (Å²) in [6.07, 6.45) is 0. The SMILES string of the molecule is C[Si-]C(C)(C)C.[Li+].[Li+]. The van der Waals surface area contributed by atoms with Crippen molar-refractivity contribution in [2.24, 2.45) is 0 Å². The molecule has 0 aromatic rings. The fraction of sp³-hybridized carbons (Fsp3) is 1.00. The van der Waals surface area contributed by atoms with E-state index in [0.717, 1.165) is 9.52 Å². The van der Waals surface area contributed by atoms with E-state index < -0.39 is 0 Å². The Labute approximate surface area is 79.4 Å². The third kappa shape index (κ3) is 15.7. The maximum Gasteiger partial charge on any atom is 1.00 e. The van der Waals surface area contributed by atoms with Crippen LogP contribution in [0.15, 0.2) is 0 Å². The van der Waals surface area contributed by atoms with Crippen LogP contribution in [0, 0.1) is 0 Å². The molecule has 0 aliphatic carbocycles. The fourth-order valence-electron chi connectivity index (χ4n) is 0. The Morgan fingerprint density at radius 1 is 1.00 bits per heavy atom. The molecule has 0 aromatic heterocycles. The Hall–Kier alpha value is 1.41. The summed E-state index contributed by atoms with van der Waals surface area (Å²) >= 11 is 0. The first-order valence-corrected chi connectivity index (χ1v) is 3.75. The molecular weight excluding hydrogens is 102 g/mol. The molecule has 0 rings (SSSR count). The summed E-state index contributed by atoms with van der Waals surface area (Å²) in [7, 11) is 1.07. The van der Waals surface area contributed by atoms with E-state index in [1.807, 2.05) is 0 Å². The molecule has 0 aromatic carbocycles. The van der Waals surface area contributed by atoms with E-state index in [-0.39, 0.29) is 37.7 Å². The first kappa shape index (κ1) is 16.2. The van der Waals surface area contributed by atoms with Crippen LogP contribution in [0.25, 0.3) is 0 Å². The van der Waals surface area contributed by atoms with Gasteiger partial charge in [-0.05, 0) is 0 Å². The monoisotopic (exact) mass is 114 g/mol. The van der Waals surface area contributed by atoms with Gasteiger partial charge in [-0.15, -0.1) is 0 Å². The summed E-state index contributed by atoms with van der Waals surface area (Å²) < 4.78 is 0. The predicted molar refractivity (Wildman–Crippen MR) is 31.3 cm³/mol. The second-order valence-electron chi connectivity index (χ2n) is 2.50. The summed E-state index contributed by atoms with van der Waals surface area (Å²) in [5.74, 6) is 0. The van der Waals surface area contributed by atoms with Gasteiger partial charge in [0.1, 0.15) is 0 Å². The van der Waals surface area contributed by atoms with Crippen molar-refractivity contribution in [2.75, 3.05) is 0 Å². The van der Waals surface area contributed by atoms with Gasteiger partial charge in [-0.3, -0.25) is 0 Å². The number of hydrogen-bond acceptors (Lipinski definition) is 0. The maximum atomic E-state index is 2.26. The number of hydrogen-bond donors (Lipinski definition) is 0. The van der Waals surface area contributed by atoms with E-state index in [0.29, 0.717) is 5.04 Å². The van der Waals surface area contributed by atoms with Crippen LogP contribution in [0.2, 0.25) is 11.6 Å². The van der Waals surface area contributed by atoms with Gasteiger partial charge in [0, 0.05) is 0 Å². The zero-order chi connectivity index (χ0) is 5.21. The molecule has 0 heterocycles. The molecule has 0 saturated carbocycles. The van der Waals surface area contributed by atoms with Crippen molar-refractivity contribution in [3.05, 3.63) is 0 Å². The van der Waals surface area contributed by atoms with E-state index in [1.165, 1.54) is 0 Å². The van der Waals surface area contributed by atoms with Gasteiger partial charge in [0.05, 0.1) is 0 Å². The zero-order valence-electron chi connectivity index (χ0n) is 7.00. The molecule has 0 amide bonds. The van der Waals surface area contributed by atoms with Crippen molar-refractivity contribution in [3.63, 3.8) is 0 Å².